The molecule has 0 N–H and O–H groups in total. The number of hydrogen-bond acceptors (Lipinski definition) is 5. The molecule has 0 bridgehead atoms. The van der Waals surface area contributed by atoms with Gasteiger partial charge in [0.05, 0.1) is 25.7 Å². The standard InChI is InChI=1S/C18H21NO4S/c1-21-14-10-13(11-15(12-14)22-2)18(20)19-6-5-17(24-9-7-19)16-4-3-8-23-16/h3-4,8,10-12,17H,5-7,9H2,1-2H3. The van der Waals surface area contributed by atoms with Crippen LogP contribution in [0.4, 0.5) is 0 Å². The molecule has 1 fully saturated rings. The highest BCUT2D eigenvalue weighted by molar-refractivity contribution is 7.99. The smallest absolute Gasteiger partial charge is 0.254 e. The van der Waals surface area contributed by atoms with Crippen LogP contribution >= 0.6 is 11.8 Å². The number of rotatable bonds is 4. The van der Waals surface area contributed by atoms with E-state index in [1.165, 1.54) is 0 Å². The van der Waals surface area contributed by atoms with Gasteiger partial charge in [-0.1, -0.05) is 0 Å². The molecule has 6 heteroatoms. The fourth-order valence-electron chi connectivity index (χ4n) is 2.79. The fourth-order valence-corrected chi connectivity index (χ4v) is 3.97. The van der Waals surface area contributed by atoms with Crippen LogP contribution in [0.25, 0.3) is 0 Å². The lowest BCUT2D eigenvalue weighted by Gasteiger charge is -2.21. The van der Waals surface area contributed by atoms with Crippen molar-refractivity contribution in [3.8, 4) is 11.5 Å². The zero-order valence-electron chi connectivity index (χ0n) is 13.9. The minimum absolute atomic E-state index is 0.00731. The van der Waals surface area contributed by atoms with Crippen molar-refractivity contribution in [3.05, 3.63) is 47.9 Å². The minimum atomic E-state index is 0.00731. The maximum absolute atomic E-state index is 12.9. The van der Waals surface area contributed by atoms with Crippen molar-refractivity contribution in [2.45, 2.75) is 11.7 Å². The van der Waals surface area contributed by atoms with Gasteiger partial charge in [-0.3, -0.25) is 4.79 Å². The molecule has 1 unspecified atom stereocenters. The van der Waals surface area contributed by atoms with E-state index >= 15 is 0 Å². The molecule has 2 aromatic rings. The number of carbonyl (C=O) groups excluding carboxylic acids is 1. The van der Waals surface area contributed by atoms with E-state index < -0.39 is 0 Å². The summed E-state index contributed by atoms with van der Waals surface area (Å²) in [6.07, 6.45) is 2.58. The second kappa shape index (κ2) is 7.66. The Kier molecular flexibility index (Phi) is 5.35. The second-order valence-electron chi connectivity index (χ2n) is 5.56. The van der Waals surface area contributed by atoms with E-state index in [2.05, 4.69) is 0 Å². The minimum Gasteiger partial charge on any atom is -0.497 e. The molecule has 1 aromatic heterocycles. The molecule has 1 aliphatic rings. The first kappa shape index (κ1) is 16.8. The molecule has 1 saturated heterocycles. The van der Waals surface area contributed by atoms with Crippen molar-refractivity contribution in [2.75, 3.05) is 33.1 Å². The number of nitrogens with zero attached hydrogens (tertiary/aromatic N) is 1. The zero-order chi connectivity index (χ0) is 16.9. The molecule has 128 valence electrons. The second-order valence-corrected chi connectivity index (χ2v) is 6.87. The van der Waals surface area contributed by atoms with Crippen LogP contribution in [0, 0.1) is 0 Å². The predicted molar refractivity (Wildman–Crippen MR) is 94.0 cm³/mol. The Morgan fingerprint density at radius 1 is 1.21 bits per heavy atom. The third-order valence-corrected chi connectivity index (χ3v) is 5.38. The molecule has 0 radical (unpaired) electrons. The van der Waals surface area contributed by atoms with E-state index in [1.54, 1.807) is 38.7 Å². The molecule has 0 aliphatic carbocycles. The maximum Gasteiger partial charge on any atom is 0.254 e. The number of thioether (sulfide) groups is 1. The summed E-state index contributed by atoms with van der Waals surface area (Å²) in [6, 6.07) is 9.19. The summed E-state index contributed by atoms with van der Waals surface area (Å²) in [5.41, 5.74) is 0.590. The van der Waals surface area contributed by atoms with Gasteiger partial charge in [0, 0.05) is 30.5 Å². The topological polar surface area (TPSA) is 51.9 Å². The molecule has 0 spiro atoms. The van der Waals surface area contributed by atoms with Gasteiger partial charge >= 0.3 is 0 Å². The average molecular weight is 347 g/mol. The lowest BCUT2D eigenvalue weighted by atomic mass is 10.1. The molecule has 1 amide bonds. The van der Waals surface area contributed by atoms with Gasteiger partial charge in [-0.15, -0.1) is 11.8 Å². The number of amides is 1. The van der Waals surface area contributed by atoms with Crippen molar-refractivity contribution >= 4 is 17.7 Å². The van der Waals surface area contributed by atoms with Crippen molar-refractivity contribution in [1.82, 2.24) is 4.90 Å². The molecule has 3 rings (SSSR count). The Balaban J connectivity index is 1.73. The van der Waals surface area contributed by atoms with E-state index in [4.69, 9.17) is 13.9 Å². The number of methoxy groups -OCH3 is 2. The van der Waals surface area contributed by atoms with Crippen LogP contribution in [0.15, 0.2) is 41.0 Å². The number of furan rings is 1. The summed E-state index contributed by atoms with van der Waals surface area (Å²) in [5.74, 6) is 3.12. The largest absolute Gasteiger partial charge is 0.497 e. The lowest BCUT2D eigenvalue weighted by Crippen LogP contribution is -2.33. The van der Waals surface area contributed by atoms with Crippen LogP contribution in [0.3, 0.4) is 0 Å². The Morgan fingerprint density at radius 3 is 2.58 bits per heavy atom. The fraction of sp³-hybridized carbons (Fsp3) is 0.389. The van der Waals surface area contributed by atoms with Crippen LogP contribution in [0.2, 0.25) is 0 Å². The van der Waals surface area contributed by atoms with Gasteiger partial charge in [-0.05, 0) is 30.7 Å². The third kappa shape index (κ3) is 3.70. The summed E-state index contributed by atoms with van der Waals surface area (Å²) in [7, 11) is 3.17. The van der Waals surface area contributed by atoms with Gasteiger partial charge in [0.2, 0.25) is 0 Å². The molecule has 2 heterocycles. The monoisotopic (exact) mass is 347 g/mol. The molecule has 24 heavy (non-hydrogen) atoms. The predicted octanol–water partition coefficient (Wildman–Crippen LogP) is 3.62. The van der Waals surface area contributed by atoms with E-state index in [1.807, 2.05) is 28.8 Å². The molecule has 5 nitrogen and oxygen atoms in total. The zero-order valence-corrected chi connectivity index (χ0v) is 14.7. The maximum atomic E-state index is 12.9. The van der Waals surface area contributed by atoms with Crippen molar-refractivity contribution < 1.29 is 18.7 Å². The highest BCUT2D eigenvalue weighted by Gasteiger charge is 2.24. The van der Waals surface area contributed by atoms with Crippen LogP contribution in [0.1, 0.15) is 27.8 Å². The molecule has 0 saturated carbocycles. The van der Waals surface area contributed by atoms with Crippen LogP contribution in [-0.4, -0.2) is 43.9 Å². The number of hydrogen-bond donors (Lipinski definition) is 0. The van der Waals surface area contributed by atoms with E-state index in [9.17, 15) is 4.79 Å². The summed E-state index contributed by atoms with van der Waals surface area (Å²) >= 11 is 1.84. The Bertz CT molecular complexity index is 664. The van der Waals surface area contributed by atoms with Crippen molar-refractivity contribution in [3.63, 3.8) is 0 Å². The first-order valence-electron chi connectivity index (χ1n) is 7.88. The van der Waals surface area contributed by atoms with E-state index in [0.717, 1.165) is 24.5 Å². The molecule has 1 atom stereocenters. The first-order valence-corrected chi connectivity index (χ1v) is 8.93. The Hall–Kier alpha value is -2.08. The van der Waals surface area contributed by atoms with Gasteiger partial charge < -0.3 is 18.8 Å². The van der Waals surface area contributed by atoms with Crippen LogP contribution in [-0.2, 0) is 0 Å². The van der Waals surface area contributed by atoms with Gasteiger partial charge in [0.15, 0.2) is 0 Å². The van der Waals surface area contributed by atoms with Crippen molar-refractivity contribution in [2.24, 2.45) is 0 Å². The number of ether oxygens (including phenoxy) is 2. The van der Waals surface area contributed by atoms with Crippen molar-refractivity contribution in [1.29, 1.82) is 0 Å². The Morgan fingerprint density at radius 2 is 1.96 bits per heavy atom. The molecule has 1 aliphatic heterocycles. The van der Waals surface area contributed by atoms with Crippen LogP contribution < -0.4 is 9.47 Å². The lowest BCUT2D eigenvalue weighted by molar-refractivity contribution is 0.0765. The molecular weight excluding hydrogens is 326 g/mol. The Labute approximate surface area is 145 Å². The highest BCUT2D eigenvalue weighted by Crippen LogP contribution is 2.35. The summed E-state index contributed by atoms with van der Waals surface area (Å²) in [6.45, 7) is 1.43. The summed E-state index contributed by atoms with van der Waals surface area (Å²) in [4.78, 5) is 14.8. The van der Waals surface area contributed by atoms with Gasteiger partial charge in [0.25, 0.3) is 5.91 Å². The van der Waals surface area contributed by atoms with Gasteiger partial charge in [0.1, 0.15) is 17.3 Å². The van der Waals surface area contributed by atoms with E-state index in [0.29, 0.717) is 28.9 Å². The highest BCUT2D eigenvalue weighted by atomic mass is 32.2. The number of carbonyl (C=O) groups is 1. The van der Waals surface area contributed by atoms with E-state index in [-0.39, 0.29) is 5.91 Å². The summed E-state index contributed by atoms with van der Waals surface area (Å²) < 4.78 is 16.0. The van der Waals surface area contributed by atoms with Crippen LogP contribution in [0.5, 0.6) is 11.5 Å². The van der Waals surface area contributed by atoms with Gasteiger partial charge in [-0.25, -0.2) is 0 Å². The SMILES string of the molecule is COc1cc(OC)cc(C(=O)N2CCSC(c3ccco3)CC2)c1. The van der Waals surface area contributed by atoms with Gasteiger partial charge in [-0.2, -0.15) is 0 Å². The first-order chi connectivity index (χ1) is 11.7. The molecular formula is C18H21NO4S. The normalized spacial score (nSPS) is 18.1. The summed E-state index contributed by atoms with van der Waals surface area (Å²) in [5, 5.41) is 0.303. The average Bonchev–Trinajstić information content (AvgIpc) is 3.05. The number of benzene rings is 1. The quantitative estimate of drug-likeness (QED) is 0.845. The molecule has 1 aromatic carbocycles. The third-order valence-electron chi connectivity index (χ3n) is 4.09.